The van der Waals surface area contributed by atoms with E-state index in [-0.39, 0.29) is 10.6 Å². The van der Waals surface area contributed by atoms with Crippen LogP contribution in [-0.4, -0.2) is 20.4 Å². The monoisotopic (exact) mass is 394 g/mol. The third-order valence-electron chi connectivity index (χ3n) is 4.38. The van der Waals surface area contributed by atoms with Crippen molar-refractivity contribution < 1.29 is 22.3 Å². The molecule has 6 nitrogen and oxygen atoms in total. The van der Waals surface area contributed by atoms with Gasteiger partial charge in [-0.15, -0.1) is 4.83 Å². The molecule has 8 heteroatoms. The Morgan fingerprint density at radius 2 is 1.63 bits per heavy atom. The number of hydrazine groups is 1. The van der Waals surface area contributed by atoms with Gasteiger partial charge in [0.25, 0.3) is 15.9 Å². The smallest absolute Gasteiger partial charge is 0.275 e. The molecule has 0 aliphatic carbocycles. The fraction of sp³-hybridized carbons (Fsp3) is 0.316. The maximum atomic E-state index is 13.6. The van der Waals surface area contributed by atoms with Crippen molar-refractivity contribution >= 4 is 15.9 Å². The van der Waals surface area contributed by atoms with Gasteiger partial charge in [0.15, 0.2) is 17.7 Å². The van der Waals surface area contributed by atoms with Gasteiger partial charge in [-0.3, -0.25) is 10.2 Å². The Morgan fingerprint density at radius 1 is 1.07 bits per heavy atom. The molecule has 2 rings (SSSR count). The molecule has 0 unspecified atom stereocenters. The lowest BCUT2D eigenvalue weighted by Crippen LogP contribution is -2.47. The van der Waals surface area contributed by atoms with Crippen LogP contribution in [0.1, 0.15) is 29.2 Å². The van der Waals surface area contributed by atoms with Crippen molar-refractivity contribution in [2.75, 3.05) is 0 Å². The average molecular weight is 394 g/mol. The molecule has 0 saturated carbocycles. The largest absolute Gasteiger partial charge is 0.478 e. The van der Waals surface area contributed by atoms with Gasteiger partial charge in [0, 0.05) is 0 Å². The van der Waals surface area contributed by atoms with Crippen LogP contribution < -0.4 is 15.0 Å². The van der Waals surface area contributed by atoms with Crippen LogP contribution in [0.4, 0.5) is 4.39 Å². The third-order valence-corrected chi connectivity index (χ3v) is 5.90. The second-order valence-electron chi connectivity index (χ2n) is 6.37. The molecule has 27 heavy (non-hydrogen) atoms. The lowest BCUT2D eigenvalue weighted by atomic mass is 10.0. The fourth-order valence-corrected chi connectivity index (χ4v) is 4.10. The molecule has 0 bridgehead atoms. The van der Waals surface area contributed by atoms with Gasteiger partial charge >= 0.3 is 0 Å². The summed E-state index contributed by atoms with van der Waals surface area (Å²) in [5.41, 5.74) is 5.01. The van der Waals surface area contributed by atoms with E-state index in [0.717, 1.165) is 11.1 Å². The number of nitrogens with one attached hydrogen (secondary N) is 2. The first-order chi connectivity index (χ1) is 12.5. The Labute approximate surface area is 158 Å². The summed E-state index contributed by atoms with van der Waals surface area (Å²) in [7, 11) is -3.99. The van der Waals surface area contributed by atoms with Gasteiger partial charge in [0.1, 0.15) is 0 Å². The molecule has 0 fully saturated rings. The van der Waals surface area contributed by atoms with Crippen LogP contribution in [0.25, 0.3) is 0 Å². The molecule has 1 amide bonds. The third kappa shape index (κ3) is 4.64. The Kier molecular flexibility index (Phi) is 6.22. The summed E-state index contributed by atoms with van der Waals surface area (Å²) in [6, 6.07) is 7.55. The Bertz CT molecular complexity index is 948. The highest BCUT2D eigenvalue weighted by atomic mass is 32.2. The number of hydrogen-bond acceptors (Lipinski definition) is 4. The Balaban J connectivity index is 2.14. The predicted molar refractivity (Wildman–Crippen MR) is 100 cm³/mol. The molecule has 2 aromatic carbocycles. The quantitative estimate of drug-likeness (QED) is 0.738. The van der Waals surface area contributed by atoms with Gasteiger partial charge in [-0.25, -0.2) is 12.8 Å². The molecule has 0 aromatic heterocycles. The molecule has 0 aliphatic rings. The second-order valence-corrected chi connectivity index (χ2v) is 7.99. The summed E-state index contributed by atoms with van der Waals surface area (Å²) < 4.78 is 44.2. The zero-order chi connectivity index (χ0) is 20.4. The van der Waals surface area contributed by atoms with Crippen molar-refractivity contribution in [2.24, 2.45) is 0 Å². The molecule has 0 saturated heterocycles. The molecule has 1 atom stereocenters. The Morgan fingerprint density at radius 3 is 2.19 bits per heavy atom. The lowest BCUT2D eigenvalue weighted by molar-refractivity contribution is -0.127. The topological polar surface area (TPSA) is 84.5 Å². The molecule has 0 spiro atoms. The standard InChI is InChI=1S/C19H23FN2O4S/c1-11-10-12(2)14(4)18(13(11)3)27(24,25)22-21-19(23)15(5)26-17-9-7-6-8-16(17)20/h6-10,15,22H,1-5H3,(H,21,23)/t15-/m0/s1. The van der Waals surface area contributed by atoms with Crippen LogP contribution in [0.15, 0.2) is 35.2 Å². The molecular formula is C19H23FN2O4S. The molecule has 0 radical (unpaired) electrons. The summed E-state index contributed by atoms with van der Waals surface area (Å²) in [6.07, 6.45) is -1.11. The second kappa shape index (κ2) is 8.06. The summed E-state index contributed by atoms with van der Waals surface area (Å²) in [5.74, 6) is -1.45. The van der Waals surface area contributed by atoms with Crippen LogP contribution in [0, 0.1) is 33.5 Å². The number of aryl methyl sites for hydroxylation is 2. The van der Waals surface area contributed by atoms with Crippen LogP contribution in [0.2, 0.25) is 0 Å². The van der Waals surface area contributed by atoms with E-state index in [9.17, 15) is 17.6 Å². The molecule has 146 valence electrons. The first-order valence-electron chi connectivity index (χ1n) is 8.35. The van der Waals surface area contributed by atoms with Gasteiger partial charge in [0.05, 0.1) is 4.90 Å². The minimum Gasteiger partial charge on any atom is -0.478 e. The van der Waals surface area contributed by atoms with E-state index in [1.807, 2.05) is 19.9 Å². The van der Waals surface area contributed by atoms with E-state index in [1.54, 1.807) is 19.9 Å². The first kappa shape index (κ1) is 20.9. The van der Waals surface area contributed by atoms with E-state index < -0.39 is 27.9 Å². The minimum atomic E-state index is -3.99. The first-order valence-corrected chi connectivity index (χ1v) is 9.83. The van der Waals surface area contributed by atoms with Crippen LogP contribution in [0.3, 0.4) is 0 Å². The number of halogens is 1. The normalized spacial score (nSPS) is 12.5. The number of benzene rings is 2. The van der Waals surface area contributed by atoms with Crippen molar-refractivity contribution in [2.45, 2.75) is 45.6 Å². The van der Waals surface area contributed by atoms with Gasteiger partial charge in [-0.1, -0.05) is 18.2 Å². The van der Waals surface area contributed by atoms with Gasteiger partial charge in [-0.2, -0.15) is 0 Å². The highest BCUT2D eigenvalue weighted by Crippen LogP contribution is 2.25. The number of ether oxygens (including phenoxy) is 1. The molecule has 2 N–H and O–H groups in total. The van der Waals surface area contributed by atoms with Crippen molar-refractivity contribution in [3.63, 3.8) is 0 Å². The van der Waals surface area contributed by atoms with Gasteiger partial charge in [0.2, 0.25) is 0 Å². The SMILES string of the molecule is Cc1cc(C)c(C)c(S(=O)(=O)NNC(=O)[C@H](C)Oc2ccccc2F)c1C. The van der Waals surface area contributed by atoms with E-state index in [0.29, 0.717) is 11.1 Å². The highest BCUT2D eigenvalue weighted by Gasteiger charge is 2.24. The Hall–Kier alpha value is -2.45. The van der Waals surface area contributed by atoms with Crippen molar-refractivity contribution in [1.82, 2.24) is 10.3 Å². The summed E-state index contributed by atoms with van der Waals surface area (Å²) in [5, 5.41) is 0. The van der Waals surface area contributed by atoms with Crippen molar-refractivity contribution in [3.05, 3.63) is 58.4 Å². The van der Waals surface area contributed by atoms with Crippen molar-refractivity contribution in [1.29, 1.82) is 0 Å². The number of para-hydroxylation sites is 1. The maximum absolute atomic E-state index is 13.6. The van der Waals surface area contributed by atoms with E-state index >= 15 is 0 Å². The zero-order valence-corrected chi connectivity index (χ0v) is 16.7. The summed E-state index contributed by atoms with van der Waals surface area (Å²) in [4.78, 5) is 14.4. The number of hydrogen-bond donors (Lipinski definition) is 2. The van der Waals surface area contributed by atoms with Crippen LogP contribution in [-0.2, 0) is 14.8 Å². The molecular weight excluding hydrogens is 371 g/mol. The van der Waals surface area contributed by atoms with Crippen LogP contribution in [0.5, 0.6) is 5.75 Å². The lowest BCUT2D eigenvalue weighted by Gasteiger charge is -2.18. The summed E-state index contributed by atoms with van der Waals surface area (Å²) in [6.45, 7) is 8.46. The minimum absolute atomic E-state index is 0.0935. The van der Waals surface area contributed by atoms with Crippen LogP contribution >= 0.6 is 0 Å². The molecule has 0 heterocycles. The number of carbonyl (C=O) groups excluding carboxylic acids is 1. The number of amides is 1. The highest BCUT2D eigenvalue weighted by molar-refractivity contribution is 7.89. The fourth-order valence-electron chi connectivity index (χ4n) is 2.64. The number of rotatable bonds is 6. The van der Waals surface area contributed by atoms with Gasteiger partial charge < -0.3 is 4.74 Å². The van der Waals surface area contributed by atoms with Gasteiger partial charge in [-0.05, 0) is 69.0 Å². The average Bonchev–Trinajstić information content (AvgIpc) is 2.60. The number of carbonyl (C=O) groups is 1. The maximum Gasteiger partial charge on any atom is 0.275 e. The van der Waals surface area contributed by atoms with E-state index in [1.165, 1.54) is 25.1 Å². The molecule has 2 aromatic rings. The zero-order valence-electron chi connectivity index (χ0n) is 15.9. The van der Waals surface area contributed by atoms with Crippen molar-refractivity contribution in [3.8, 4) is 5.75 Å². The molecule has 0 aliphatic heterocycles. The predicted octanol–water partition coefficient (Wildman–Crippen LogP) is 2.84. The summed E-state index contributed by atoms with van der Waals surface area (Å²) >= 11 is 0. The number of sulfonamides is 1. The van der Waals surface area contributed by atoms with E-state index in [4.69, 9.17) is 4.74 Å². The van der Waals surface area contributed by atoms with E-state index in [2.05, 4.69) is 10.3 Å².